The molecule has 0 aromatic heterocycles. The van der Waals surface area contributed by atoms with E-state index in [1.807, 2.05) is 12.1 Å². The van der Waals surface area contributed by atoms with Gasteiger partial charge in [0, 0.05) is 23.7 Å². The maximum atomic E-state index is 14.1. The Labute approximate surface area is 169 Å². The van der Waals surface area contributed by atoms with Crippen molar-refractivity contribution in [3.63, 3.8) is 0 Å². The van der Waals surface area contributed by atoms with Crippen LogP contribution in [0.5, 0.6) is 5.75 Å². The Bertz CT molecular complexity index is 807. The normalized spacial score (nSPS) is 11.6. The van der Waals surface area contributed by atoms with E-state index in [1.165, 1.54) is 23.1 Å². The zero-order chi connectivity index (χ0) is 20.7. The second-order valence-corrected chi connectivity index (χ2v) is 6.72. The molecule has 1 N–H and O–H groups in total. The largest absolute Gasteiger partial charge is 0.497 e. The van der Waals surface area contributed by atoms with Crippen LogP contribution < -0.4 is 10.1 Å². The first-order valence-electron chi connectivity index (χ1n) is 9.00. The van der Waals surface area contributed by atoms with Gasteiger partial charge in [-0.1, -0.05) is 29.8 Å². The highest BCUT2D eigenvalue weighted by atomic mass is 35.5. The Kier molecular flexibility index (Phi) is 7.81. The molecule has 150 valence electrons. The van der Waals surface area contributed by atoms with Gasteiger partial charge in [0.05, 0.1) is 13.5 Å². The van der Waals surface area contributed by atoms with Crippen LogP contribution >= 0.6 is 11.6 Å². The van der Waals surface area contributed by atoms with E-state index in [1.54, 1.807) is 33.1 Å². The summed E-state index contributed by atoms with van der Waals surface area (Å²) in [5.41, 5.74) is 0.946. The molecule has 2 aromatic rings. The first-order valence-corrected chi connectivity index (χ1v) is 9.38. The molecule has 0 unspecified atom stereocenters. The van der Waals surface area contributed by atoms with Crippen LogP contribution in [0.4, 0.5) is 4.39 Å². The molecule has 2 rings (SSSR count). The zero-order valence-corrected chi connectivity index (χ0v) is 16.9. The van der Waals surface area contributed by atoms with Gasteiger partial charge < -0.3 is 15.0 Å². The lowest BCUT2D eigenvalue weighted by molar-refractivity contribution is -0.140. The molecule has 0 heterocycles. The number of hydrogen-bond acceptors (Lipinski definition) is 3. The van der Waals surface area contributed by atoms with Gasteiger partial charge in [-0.15, -0.1) is 0 Å². The number of rotatable bonds is 8. The molecule has 0 bridgehead atoms. The van der Waals surface area contributed by atoms with Crippen LogP contribution in [-0.4, -0.2) is 36.4 Å². The molecule has 0 fully saturated rings. The third kappa shape index (κ3) is 5.45. The fourth-order valence-electron chi connectivity index (χ4n) is 2.79. The van der Waals surface area contributed by atoms with Crippen LogP contribution in [0.1, 0.15) is 25.0 Å². The summed E-state index contributed by atoms with van der Waals surface area (Å²) >= 11 is 6.06. The lowest BCUT2D eigenvalue weighted by Crippen LogP contribution is -2.48. The predicted octanol–water partition coefficient (Wildman–Crippen LogP) is 3.58. The first-order chi connectivity index (χ1) is 13.4. The van der Waals surface area contributed by atoms with Crippen LogP contribution in [0, 0.1) is 5.82 Å². The Morgan fingerprint density at radius 2 is 1.89 bits per heavy atom. The van der Waals surface area contributed by atoms with Gasteiger partial charge in [0.15, 0.2) is 0 Å². The smallest absolute Gasteiger partial charge is 0.242 e. The molecule has 2 amide bonds. The van der Waals surface area contributed by atoms with Crippen molar-refractivity contribution in [2.75, 3.05) is 13.7 Å². The lowest BCUT2D eigenvalue weighted by atomic mass is 10.1. The molecule has 0 radical (unpaired) electrons. The average molecular weight is 407 g/mol. The molecule has 0 spiro atoms. The third-order valence-corrected chi connectivity index (χ3v) is 4.77. The zero-order valence-electron chi connectivity index (χ0n) is 16.2. The summed E-state index contributed by atoms with van der Waals surface area (Å²) in [6.45, 7) is 4.11. The van der Waals surface area contributed by atoms with Gasteiger partial charge in [-0.25, -0.2) is 4.39 Å². The molecule has 0 aliphatic rings. The molecule has 5 nitrogen and oxygen atoms in total. The SMILES string of the molecule is CCNC(=O)[C@@H](C)N(Cc1ccc(OC)cc1)C(=O)Cc1c(F)cccc1Cl. The summed E-state index contributed by atoms with van der Waals surface area (Å²) in [5, 5.41) is 2.90. The highest BCUT2D eigenvalue weighted by Gasteiger charge is 2.27. The maximum Gasteiger partial charge on any atom is 0.242 e. The number of halogens is 2. The molecule has 28 heavy (non-hydrogen) atoms. The van der Waals surface area contributed by atoms with E-state index in [0.717, 1.165) is 5.56 Å². The second kappa shape index (κ2) is 10.1. The fraction of sp³-hybridized carbons (Fsp3) is 0.333. The first kappa shape index (κ1) is 21.7. The number of benzene rings is 2. The summed E-state index contributed by atoms with van der Waals surface area (Å²) < 4.78 is 19.3. The van der Waals surface area contributed by atoms with Crippen molar-refractivity contribution in [1.29, 1.82) is 0 Å². The van der Waals surface area contributed by atoms with Gasteiger partial charge >= 0.3 is 0 Å². The van der Waals surface area contributed by atoms with E-state index in [-0.39, 0.29) is 35.4 Å². The minimum absolute atomic E-state index is 0.122. The molecule has 0 aliphatic carbocycles. The van der Waals surface area contributed by atoms with Gasteiger partial charge in [0.2, 0.25) is 11.8 Å². The number of carbonyl (C=O) groups is 2. The van der Waals surface area contributed by atoms with Crippen molar-refractivity contribution in [2.45, 2.75) is 32.9 Å². The number of carbonyl (C=O) groups excluding carboxylic acids is 2. The summed E-state index contributed by atoms with van der Waals surface area (Å²) in [6, 6.07) is 10.8. The Morgan fingerprint density at radius 3 is 2.46 bits per heavy atom. The Balaban J connectivity index is 2.27. The van der Waals surface area contributed by atoms with Gasteiger partial charge in [-0.2, -0.15) is 0 Å². The van der Waals surface area contributed by atoms with E-state index in [0.29, 0.717) is 12.3 Å². The number of nitrogens with zero attached hydrogens (tertiary/aromatic N) is 1. The van der Waals surface area contributed by atoms with Crippen molar-refractivity contribution in [1.82, 2.24) is 10.2 Å². The quantitative estimate of drug-likeness (QED) is 0.728. The highest BCUT2D eigenvalue weighted by molar-refractivity contribution is 6.31. The molecule has 0 saturated carbocycles. The van der Waals surface area contributed by atoms with Gasteiger partial charge in [-0.05, 0) is 43.7 Å². The van der Waals surface area contributed by atoms with Crippen molar-refractivity contribution >= 4 is 23.4 Å². The second-order valence-electron chi connectivity index (χ2n) is 6.32. The molecule has 7 heteroatoms. The highest BCUT2D eigenvalue weighted by Crippen LogP contribution is 2.22. The number of nitrogens with one attached hydrogen (secondary N) is 1. The van der Waals surface area contributed by atoms with Gasteiger partial charge in [-0.3, -0.25) is 9.59 Å². The van der Waals surface area contributed by atoms with E-state index >= 15 is 0 Å². The molecular weight excluding hydrogens is 383 g/mol. The molecule has 2 aromatic carbocycles. The van der Waals surface area contributed by atoms with Crippen LogP contribution in [0.15, 0.2) is 42.5 Å². The molecule has 0 aliphatic heterocycles. The number of hydrogen-bond donors (Lipinski definition) is 1. The fourth-order valence-corrected chi connectivity index (χ4v) is 3.02. The van der Waals surface area contributed by atoms with Gasteiger partial charge in [0.1, 0.15) is 17.6 Å². The summed E-state index contributed by atoms with van der Waals surface area (Å²) in [4.78, 5) is 26.8. The lowest BCUT2D eigenvalue weighted by Gasteiger charge is -2.29. The standard InChI is InChI=1S/C21H24ClFN2O3/c1-4-24-21(27)14(2)25(13-15-8-10-16(28-3)11-9-15)20(26)12-17-18(22)6-5-7-19(17)23/h5-11,14H,4,12-13H2,1-3H3,(H,24,27)/t14-/m1/s1. The third-order valence-electron chi connectivity index (χ3n) is 4.42. The summed E-state index contributed by atoms with van der Waals surface area (Å²) in [7, 11) is 1.57. The van der Waals surface area contributed by atoms with Crippen LogP contribution in [0.2, 0.25) is 5.02 Å². The van der Waals surface area contributed by atoms with E-state index < -0.39 is 11.9 Å². The summed E-state index contributed by atoms with van der Waals surface area (Å²) in [5.74, 6) is -0.516. The van der Waals surface area contributed by atoms with Crippen LogP contribution in [0.25, 0.3) is 0 Å². The van der Waals surface area contributed by atoms with E-state index in [4.69, 9.17) is 16.3 Å². The molecule has 0 saturated heterocycles. The molecule has 1 atom stereocenters. The van der Waals surface area contributed by atoms with E-state index in [9.17, 15) is 14.0 Å². The van der Waals surface area contributed by atoms with Crippen molar-refractivity contribution in [2.24, 2.45) is 0 Å². The maximum absolute atomic E-state index is 14.1. The van der Waals surface area contributed by atoms with Crippen molar-refractivity contribution in [3.8, 4) is 5.75 Å². The van der Waals surface area contributed by atoms with E-state index in [2.05, 4.69) is 5.32 Å². The topological polar surface area (TPSA) is 58.6 Å². The summed E-state index contributed by atoms with van der Waals surface area (Å²) in [6.07, 6.45) is -0.231. The van der Waals surface area contributed by atoms with Crippen molar-refractivity contribution < 1.29 is 18.7 Å². The minimum atomic E-state index is -0.722. The monoisotopic (exact) mass is 406 g/mol. The Hall–Kier alpha value is -2.60. The Morgan fingerprint density at radius 1 is 1.21 bits per heavy atom. The molecular formula is C21H24ClFN2O3. The number of ether oxygens (including phenoxy) is 1. The number of methoxy groups -OCH3 is 1. The number of amides is 2. The van der Waals surface area contributed by atoms with Crippen LogP contribution in [-0.2, 0) is 22.6 Å². The average Bonchev–Trinajstić information content (AvgIpc) is 2.69. The van der Waals surface area contributed by atoms with Gasteiger partial charge in [0.25, 0.3) is 0 Å². The number of likely N-dealkylation sites (N-methyl/N-ethyl adjacent to an activating group) is 1. The predicted molar refractivity (Wildman–Crippen MR) is 107 cm³/mol. The van der Waals surface area contributed by atoms with Crippen molar-refractivity contribution in [3.05, 3.63) is 64.4 Å². The minimum Gasteiger partial charge on any atom is -0.497 e. The van der Waals surface area contributed by atoms with Crippen LogP contribution in [0.3, 0.4) is 0 Å².